The van der Waals surface area contributed by atoms with Gasteiger partial charge >= 0.3 is 0 Å². The van der Waals surface area contributed by atoms with Crippen molar-refractivity contribution in [3.63, 3.8) is 0 Å². The molecule has 0 aliphatic heterocycles. The average molecular weight is 235 g/mol. The molecule has 4 nitrogen and oxygen atoms in total. The van der Waals surface area contributed by atoms with Crippen LogP contribution in [-0.4, -0.2) is 25.0 Å². The molecule has 1 aromatic rings. The van der Waals surface area contributed by atoms with E-state index in [1.807, 2.05) is 32.0 Å². The van der Waals surface area contributed by atoms with Crippen molar-refractivity contribution >= 4 is 5.91 Å². The van der Waals surface area contributed by atoms with Gasteiger partial charge in [0.05, 0.1) is 0 Å². The number of carbonyl (C=O) groups excluding carboxylic acids is 1. The van der Waals surface area contributed by atoms with Crippen LogP contribution in [0.15, 0.2) is 18.2 Å². The van der Waals surface area contributed by atoms with Gasteiger partial charge in [-0.3, -0.25) is 10.2 Å². The van der Waals surface area contributed by atoms with Crippen molar-refractivity contribution < 1.29 is 4.79 Å². The van der Waals surface area contributed by atoms with Crippen LogP contribution in [0.2, 0.25) is 0 Å². The number of rotatable bonds is 4. The molecule has 3 N–H and O–H groups in total. The Morgan fingerprint density at radius 2 is 2.06 bits per heavy atom. The number of amides is 1. The van der Waals surface area contributed by atoms with Crippen LogP contribution in [-0.2, 0) is 4.79 Å². The van der Waals surface area contributed by atoms with Gasteiger partial charge in [-0.2, -0.15) is 0 Å². The Bertz CT molecular complexity index is 402. The summed E-state index contributed by atoms with van der Waals surface area (Å²) in [6, 6.07) is 5.87. The van der Waals surface area contributed by atoms with Gasteiger partial charge in [0.1, 0.15) is 0 Å². The van der Waals surface area contributed by atoms with Crippen LogP contribution in [0.5, 0.6) is 0 Å². The predicted molar refractivity (Wildman–Crippen MR) is 69.3 cm³/mol. The highest BCUT2D eigenvalue weighted by Gasteiger charge is 2.14. The third-order valence-electron chi connectivity index (χ3n) is 2.59. The van der Waals surface area contributed by atoms with Crippen molar-refractivity contribution in [2.24, 2.45) is 5.73 Å². The van der Waals surface area contributed by atoms with Crippen LogP contribution in [0.1, 0.15) is 29.2 Å². The number of nitrogens with one attached hydrogen (secondary N) is 1. The first-order valence-corrected chi connectivity index (χ1v) is 5.69. The van der Waals surface area contributed by atoms with Crippen LogP contribution in [0, 0.1) is 13.8 Å². The number of aryl methyl sites for hydroxylation is 2. The molecule has 0 aliphatic carbocycles. The molecule has 17 heavy (non-hydrogen) atoms. The summed E-state index contributed by atoms with van der Waals surface area (Å²) in [5.74, 6) is -0.0663. The Kier molecular flexibility index (Phi) is 4.66. The monoisotopic (exact) mass is 235 g/mol. The Labute approximate surface area is 103 Å². The largest absolute Gasteiger partial charge is 0.324 e. The molecule has 0 spiro atoms. The van der Waals surface area contributed by atoms with Gasteiger partial charge in [0.25, 0.3) is 0 Å². The van der Waals surface area contributed by atoms with Gasteiger partial charge in [0, 0.05) is 26.6 Å². The Balaban J connectivity index is 2.72. The normalized spacial score (nSPS) is 12.6. The van der Waals surface area contributed by atoms with E-state index in [4.69, 9.17) is 5.73 Å². The highest BCUT2D eigenvalue weighted by molar-refractivity contribution is 5.76. The molecule has 1 aromatic carbocycles. The molecule has 0 bridgehead atoms. The first-order chi connectivity index (χ1) is 7.90. The first-order valence-electron chi connectivity index (χ1n) is 5.69. The molecule has 0 saturated carbocycles. The molecule has 0 heterocycles. The summed E-state index contributed by atoms with van der Waals surface area (Å²) < 4.78 is 0. The molecular weight excluding hydrogens is 214 g/mol. The summed E-state index contributed by atoms with van der Waals surface area (Å²) in [4.78, 5) is 11.6. The maximum Gasteiger partial charge on any atom is 0.236 e. The van der Waals surface area contributed by atoms with Crippen molar-refractivity contribution in [3.05, 3.63) is 34.9 Å². The van der Waals surface area contributed by atoms with Gasteiger partial charge in [-0.1, -0.05) is 23.8 Å². The van der Waals surface area contributed by atoms with E-state index in [2.05, 4.69) is 5.43 Å². The van der Waals surface area contributed by atoms with E-state index < -0.39 is 0 Å². The minimum absolute atomic E-state index is 0.0663. The molecule has 1 unspecified atom stereocenters. The molecule has 0 aliphatic rings. The van der Waals surface area contributed by atoms with E-state index in [0.717, 1.165) is 16.7 Å². The number of benzene rings is 1. The number of hydrogen-bond donors (Lipinski definition) is 2. The lowest BCUT2D eigenvalue weighted by Gasteiger charge is -2.17. The zero-order valence-electron chi connectivity index (χ0n) is 10.9. The number of hydrazine groups is 1. The van der Waals surface area contributed by atoms with Crippen LogP contribution in [0.4, 0.5) is 0 Å². The molecule has 1 atom stereocenters. The second-order valence-electron chi connectivity index (χ2n) is 4.60. The SMILES string of the molecule is Cc1ccc(C)c(C(N)CC(=O)NN(C)C)c1. The lowest BCUT2D eigenvalue weighted by Crippen LogP contribution is -2.37. The summed E-state index contributed by atoms with van der Waals surface area (Å²) in [6.07, 6.45) is 0.294. The summed E-state index contributed by atoms with van der Waals surface area (Å²) >= 11 is 0. The average Bonchev–Trinajstić information content (AvgIpc) is 2.20. The van der Waals surface area contributed by atoms with E-state index >= 15 is 0 Å². The zero-order chi connectivity index (χ0) is 13.0. The van der Waals surface area contributed by atoms with Crippen LogP contribution in [0.25, 0.3) is 0 Å². The van der Waals surface area contributed by atoms with Crippen LogP contribution >= 0.6 is 0 Å². The smallest absolute Gasteiger partial charge is 0.236 e. The Morgan fingerprint density at radius 1 is 1.41 bits per heavy atom. The van der Waals surface area contributed by atoms with Crippen molar-refractivity contribution in [2.75, 3.05) is 14.1 Å². The van der Waals surface area contributed by atoms with Gasteiger partial charge in [0.2, 0.25) is 5.91 Å². The molecule has 0 radical (unpaired) electrons. The van der Waals surface area contributed by atoms with Crippen LogP contribution in [0.3, 0.4) is 0 Å². The van der Waals surface area contributed by atoms with Crippen molar-refractivity contribution in [1.82, 2.24) is 10.4 Å². The molecule has 1 rings (SSSR count). The standard InChI is InChI=1S/C13H21N3O/c1-9-5-6-10(2)11(7-9)12(14)8-13(17)15-16(3)4/h5-7,12H,8,14H2,1-4H3,(H,15,17). The predicted octanol–water partition coefficient (Wildman–Crippen LogP) is 1.29. The molecule has 0 fully saturated rings. The lowest BCUT2D eigenvalue weighted by atomic mass is 9.97. The van der Waals surface area contributed by atoms with E-state index in [-0.39, 0.29) is 11.9 Å². The third kappa shape index (κ3) is 4.17. The number of nitrogens with zero attached hydrogens (tertiary/aromatic N) is 1. The fourth-order valence-corrected chi connectivity index (χ4v) is 1.76. The zero-order valence-corrected chi connectivity index (χ0v) is 10.9. The van der Waals surface area contributed by atoms with Gasteiger partial charge in [-0.25, -0.2) is 5.01 Å². The van der Waals surface area contributed by atoms with Gasteiger partial charge in [0.15, 0.2) is 0 Å². The van der Waals surface area contributed by atoms with E-state index in [1.54, 1.807) is 19.1 Å². The summed E-state index contributed by atoms with van der Waals surface area (Å²) in [7, 11) is 3.56. The number of hydrogen-bond acceptors (Lipinski definition) is 3. The molecule has 4 heteroatoms. The minimum atomic E-state index is -0.255. The maximum absolute atomic E-state index is 11.6. The number of carbonyl (C=O) groups is 1. The van der Waals surface area contributed by atoms with Crippen LogP contribution < -0.4 is 11.2 Å². The van der Waals surface area contributed by atoms with Crippen molar-refractivity contribution in [3.8, 4) is 0 Å². The van der Waals surface area contributed by atoms with Crippen molar-refractivity contribution in [2.45, 2.75) is 26.3 Å². The van der Waals surface area contributed by atoms with Gasteiger partial charge < -0.3 is 5.73 Å². The molecule has 0 saturated heterocycles. The van der Waals surface area contributed by atoms with E-state index in [9.17, 15) is 4.79 Å². The Hall–Kier alpha value is -1.39. The second-order valence-corrected chi connectivity index (χ2v) is 4.60. The first kappa shape index (κ1) is 13.7. The lowest BCUT2D eigenvalue weighted by molar-refractivity contribution is -0.125. The summed E-state index contributed by atoms with van der Waals surface area (Å²) in [5, 5.41) is 1.62. The van der Waals surface area contributed by atoms with Crippen molar-refractivity contribution in [1.29, 1.82) is 0 Å². The fraction of sp³-hybridized carbons (Fsp3) is 0.462. The fourth-order valence-electron chi connectivity index (χ4n) is 1.76. The molecule has 94 valence electrons. The quantitative estimate of drug-likeness (QED) is 0.773. The summed E-state index contributed by atoms with van der Waals surface area (Å²) in [5.41, 5.74) is 12.1. The summed E-state index contributed by atoms with van der Waals surface area (Å²) in [6.45, 7) is 4.04. The molecule has 0 aromatic heterocycles. The highest BCUT2D eigenvalue weighted by Crippen LogP contribution is 2.19. The topological polar surface area (TPSA) is 58.4 Å². The van der Waals surface area contributed by atoms with Gasteiger partial charge in [-0.15, -0.1) is 0 Å². The Morgan fingerprint density at radius 3 is 2.65 bits per heavy atom. The maximum atomic E-state index is 11.6. The third-order valence-corrected chi connectivity index (χ3v) is 2.59. The minimum Gasteiger partial charge on any atom is -0.324 e. The van der Waals surface area contributed by atoms with E-state index in [1.165, 1.54) is 0 Å². The second kappa shape index (κ2) is 5.80. The molecule has 1 amide bonds. The van der Waals surface area contributed by atoms with Gasteiger partial charge in [-0.05, 0) is 25.0 Å². The number of nitrogens with two attached hydrogens (primary N) is 1. The van der Waals surface area contributed by atoms with E-state index in [0.29, 0.717) is 6.42 Å². The molecular formula is C13H21N3O. The highest BCUT2D eigenvalue weighted by atomic mass is 16.2.